The second-order valence-corrected chi connectivity index (χ2v) is 5.39. The number of aliphatic hydroxyl groups is 1. The fourth-order valence-electron chi connectivity index (χ4n) is 1.96. The third-order valence-electron chi connectivity index (χ3n) is 3.24. The Balaban J connectivity index is 2.20. The van der Waals surface area contributed by atoms with Crippen LogP contribution in [0.15, 0.2) is 6.07 Å². The van der Waals surface area contributed by atoms with E-state index in [9.17, 15) is 5.11 Å². The number of halogens is 1. The van der Waals surface area contributed by atoms with Crippen molar-refractivity contribution in [1.82, 2.24) is 9.97 Å². The molecule has 0 spiro atoms. The summed E-state index contributed by atoms with van der Waals surface area (Å²) < 4.78 is 0. The van der Waals surface area contributed by atoms with Crippen molar-refractivity contribution in [3.05, 3.63) is 17.0 Å². The first-order chi connectivity index (χ1) is 8.04. The predicted octanol–water partition coefficient (Wildman–Crippen LogP) is 2.58. The number of aliphatic hydroxyl groups excluding tert-OH is 1. The van der Waals surface area contributed by atoms with Crippen molar-refractivity contribution < 1.29 is 5.11 Å². The minimum atomic E-state index is -0.202. The Morgan fingerprint density at radius 1 is 1.47 bits per heavy atom. The number of rotatable bonds is 4. The normalized spacial score (nSPS) is 17.9. The molecule has 17 heavy (non-hydrogen) atoms. The molecule has 2 N–H and O–H groups in total. The van der Waals surface area contributed by atoms with Gasteiger partial charge in [0.2, 0.25) is 0 Å². The molecular formula is C12H18ClN3O. The summed E-state index contributed by atoms with van der Waals surface area (Å²) in [5, 5.41) is 13.1. The Kier molecular flexibility index (Phi) is 3.54. The molecular weight excluding hydrogens is 238 g/mol. The highest BCUT2D eigenvalue weighted by Crippen LogP contribution is 2.34. The number of hydrogen-bond acceptors (Lipinski definition) is 4. The van der Waals surface area contributed by atoms with E-state index in [1.165, 1.54) is 0 Å². The Hall–Kier alpha value is -0.870. The summed E-state index contributed by atoms with van der Waals surface area (Å²) in [6.07, 6.45) is 3.09. The third-order valence-corrected chi connectivity index (χ3v) is 3.43. The second-order valence-electron chi connectivity index (χ2n) is 5.01. The summed E-state index contributed by atoms with van der Waals surface area (Å²) in [6.45, 7) is 4.19. The molecule has 1 heterocycles. The van der Waals surface area contributed by atoms with Crippen LogP contribution >= 0.6 is 11.6 Å². The number of nitrogens with one attached hydrogen (secondary N) is 1. The fraction of sp³-hybridized carbons (Fsp3) is 0.667. The monoisotopic (exact) mass is 255 g/mol. The van der Waals surface area contributed by atoms with Gasteiger partial charge in [-0.05, 0) is 19.3 Å². The van der Waals surface area contributed by atoms with Gasteiger partial charge in [-0.2, -0.15) is 0 Å². The van der Waals surface area contributed by atoms with Crippen molar-refractivity contribution in [2.45, 2.75) is 44.6 Å². The predicted molar refractivity (Wildman–Crippen MR) is 68.4 cm³/mol. The van der Waals surface area contributed by atoms with E-state index < -0.39 is 0 Å². The standard InChI is InChI=1S/C12H18ClN3O/c1-8(2)11-14-9(13)6-10(15-11)16-12(7-17)4-3-5-12/h6,8,17H,3-5,7H2,1-2H3,(H,14,15,16). The van der Waals surface area contributed by atoms with Crippen molar-refractivity contribution in [3.8, 4) is 0 Å². The molecule has 0 saturated heterocycles. The summed E-state index contributed by atoms with van der Waals surface area (Å²) in [5.41, 5.74) is -0.202. The first kappa shape index (κ1) is 12.6. The zero-order valence-electron chi connectivity index (χ0n) is 10.2. The Morgan fingerprint density at radius 3 is 2.65 bits per heavy atom. The van der Waals surface area contributed by atoms with Gasteiger partial charge in [0.05, 0.1) is 12.1 Å². The molecule has 4 nitrogen and oxygen atoms in total. The average Bonchev–Trinajstić information content (AvgIpc) is 2.22. The number of nitrogens with zero attached hydrogens (tertiary/aromatic N) is 2. The van der Waals surface area contributed by atoms with E-state index in [4.69, 9.17) is 11.6 Å². The molecule has 1 saturated carbocycles. The van der Waals surface area contributed by atoms with Gasteiger partial charge in [-0.1, -0.05) is 25.4 Å². The summed E-state index contributed by atoms with van der Waals surface area (Å²) in [5.74, 6) is 1.68. The zero-order valence-corrected chi connectivity index (χ0v) is 11.0. The lowest BCUT2D eigenvalue weighted by molar-refractivity contribution is 0.144. The van der Waals surface area contributed by atoms with Gasteiger partial charge < -0.3 is 10.4 Å². The minimum Gasteiger partial charge on any atom is -0.394 e. The summed E-state index contributed by atoms with van der Waals surface area (Å²) in [6, 6.07) is 1.71. The van der Waals surface area contributed by atoms with E-state index in [1.54, 1.807) is 6.07 Å². The molecule has 1 aliphatic rings. The summed E-state index contributed by atoms with van der Waals surface area (Å²) in [7, 11) is 0. The topological polar surface area (TPSA) is 58.0 Å². The van der Waals surface area contributed by atoms with Crippen LogP contribution in [0.2, 0.25) is 5.15 Å². The molecule has 0 aromatic carbocycles. The van der Waals surface area contributed by atoms with Gasteiger partial charge >= 0.3 is 0 Å². The molecule has 94 valence electrons. The Morgan fingerprint density at radius 2 is 2.18 bits per heavy atom. The minimum absolute atomic E-state index is 0.131. The van der Waals surface area contributed by atoms with Crippen LogP contribution in [0.4, 0.5) is 5.82 Å². The van der Waals surface area contributed by atoms with Gasteiger partial charge in [0, 0.05) is 12.0 Å². The van der Waals surface area contributed by atoms with Crippen LogP contribution in [0, 0.1) is 0 Å². The molecule has 1 aromatic rings. The van der Waals surface area contributed by atoms with Crippen molar-refractivity contribution in [2.24, 2.45) is 0 Å². The third kappa shape index (κ3) is 2.69. The molecule has 1 fully saturated rings. The van der Waals surface area contributed by atoms with Gasteiger partial charge in [0.25, 0.3) is 0 Å². The zero-order chi connectivity index (χ0) is 12.5. The van der Waals surface area contributed by atoms with E-state index in [-0.39, 0.29) is 18.1 Å². The molecule has 1 aliphatic carbocycles. The van der Waals surface area contributed by atoms with Gasteiger partial charge in [0.15, 0.2) is 0 Å². The smallest absolute Gasteiger partial charge is 0.135 e. The first-order valence-electron chi connectivity index (χ1n) is 5.98. The highest BCUT2D eigenvalue weighted by Gasteiger charge is 2.36. The van der Waals surface area contributed by atoms with Crippen LogP contribution in [-0.2, 0) is 0 Å². The largest absolute Gasteiger partial charge is 0.394 e. The highest BCUT2D eigenvalue weighted by atomic mass is 35.5. The van der Waals surface area contributed by atoms with Gasteiger partial charge in [-0.25, -0.2) is 9.97 Å². The lowest BCUT2D eigenvalue weighted by atomic mass is 9.77. The molecule has 2 rings (SSSR count). The van der Waals surface area contributed by atoms with Gasteiger partial charge in [-0.15, -0.1) is 0 Å². The Labute approximate surface area is 106 Å². The van der Waals surface area contributed by atoms with Crippen molar-refractivity contribution in [2.75, 3.05) is 11.9 Å². The number of anilines is 1. The van der Waals surface area contributed by atoms with E-state index in [1.807, 2.05) is 13.8 Å². The quantitative estimate of drug-likeness (QED) is 0.812. The highest BCUT2D eigenvalue weighted by molar-refractivity contribution is 6.29. The van der Waals surface area contributed by atoms with E-state index in [0.717, 1.165) is 25.1 Å². The van der Waals surface area contributed by atoms with E-state index in [2.05, 4.69) is 15.3 Å². The van der Waals surface area contributed by atoms with Crippen LogP contribution in [0.3, 0.4) is 0 Å². The van der Waals surface area contributed by atoms with Crippen LogP contribution < -0.4 is 5.32 Å². The maximum atomic E-state index is 9.41. The van der Waals surface area contributed by atoms with E-state index in [0.29, 0.717) is 11.0 Å². The van der Waals surface area contributed by atoms with Crippen molar-refractivity contribution in [1.29, 1.82) is 0 Å². The van der Waals surface area contributed by atoms with Gasteiger partial charge in [0.1, 0.15) is 16.8 Å². The molecule has 0 bridgehead atoms. The molecule has 0 unspecified atom stereocenters. The fourth-order valence-corrected chi connectivity index (χ4v) is 2.15. The van der Waals surface area contributed by atoms with Crippen LogP contribution in [0.25, 0.3) is 0 Å². The molecule has 0 aliphatic heterocycles. The molecule has 0 atom stereocenters. The van der Waals surface area contributed by atoms with Crippen LogP contribution in [0.1, 0.15) is 44.9 Å². The number of hydrogen-bond donors (Lipinski definition) is 2. The SMILES string of the molecule is CC(C)c1nc(Cl)cc(NC2(CO)CCC2)n1. The first-order valence-corrected chi connectivity index (χ1v) is 6.36. The average molecular weight is 256 g/mol. The summed E-state index contributed by atoms with van der Waals surface area (Å²) in [4.78, 5) is 8.61. The lowest BCUT2D eigenvalue weighted by Gasteiger charge is -2.41. The molecule has 1 aromatic heterocycles. The lowest BCUT2D eigenvalue weighted by Crippen LogP contribution is -2.48. The maximum Gasteiger partial charge on any atom is 0.135 e. The van der Waals surface area contributed by atoms with Gasteiger partial charge in [-0.3, -0.25) is 0 Å². The second kappa shape index (κ2) is 4.78. The summed E-state index contributed by atoms with van der Waals surface area (Å²) >= 11 is 5.97. The molecule has 0 amide bonds. The molecule has 5 heteroatoms. The Bertz CT molecular complexity index is 399. The van der Waals surface area contributed by atoms with Crippen LogP contribution in [0.5, 0.6) is 0 Å². The van der Waals surface area contributed by atoms with E-state index >= 15 is 0 Å². The van der Waals surface area contributed by atoms with Crippen molar-refractivity contribution in [3.63, 3.8) is 0 Å². The number of aromatic nitrogens is 2. The van der Waals surface area contributed by atoms with Crippen molar-refractivity contribution >= 4 is 17.4 Å². The van der Waals surface area contributed by atoms with Crippen LogP contribution in [-0.4, -0.2) is 27.2 Å². The maximum absolute atomic E-state index is 9.41. The molecule has 0 radical (unpaired) electrons.